The molecule has 0 aliphatic rings. The predicted molar refractivity (Wildman–Crippen MR) is 85.4 cm³/mol. The van der Waals surface area contributed by atoms with Crippen LogP contribution in [-0.4, -0.2) is 11.0 Å². The summed E-state index contributed by atoms with van der Waals surface area (Å²) in [5.74, 6) is -0.455. The summed E-state index contributed by atoms with van der Waals surface area (Å²) in [6.45, 7) is 1.24. The second-order valence-electron chi connectivity index (χ2n) is 4.45. The standard InChI is InChI=1S/C15H9BrN4O3/c1-7(21)23-8-2-3-12(16)9(4-8)13-10(5-17)14(19)20-15(22)11(13)6-18/h2-4H,1H3,(H3,19,20,22). The third-order valence-corrected chi connectivity index (χ3v) is 3.63. The van der Waals surface area contributed by atoms with E-state index >= 15 is 0 Å². The van der Waals surface area contributed by atoms with Crippen molar-refractivity contribution in [1.29, 1.82) is 10.5 Å². The van der Waals surface area contributed by atoms with Crippen LogP contribution in [0.2, 0.25) is 0 Å². The number of H-pyrrole nitrogens is 1. The molecule has 23 heavy (non-hydrogen) atoms. The van der Waals surface area contributed by atoms with Crippen LogP contribution in [0.15, 0.2) is 27.5 Å². The number of nitrogens with two attached hydrogens (primary N) is 1. The molecular formula is C15H9BrN4O3. The number of halogens is 1. The normalized spacial score (nSPS) is 9.74. The predicted octanol–water partition coefficient (Wildman–Crippen LogP) is 2.06. The Morgan fingerprint density at radius 3 is 2.52 bits per heavy atom. The highest BCUT2D eigenvalue weighted by atomic mass is 79.9. The van der Waals surface area contributed by atoms with Gasteiger partial charge in [-0.3, -0.25) is 9.59 Å². The summed E-state index contributed by atoms with van der Waals surface area (Å²) < 4.78 is 5.50. The fraction of sp³-hybridized carbons (Fsp3) is 0.0667. The SMILES string of the molecule is CC(=O)Oc1ccc(Br)c(-c2c(C#N)c(N)[nH]c(=O)c2C#N)c1. The Balaban J connectivity index is 2.87. The topological polar surface area (TPSA) is 133 Å². The van der Waals surface area contributed by atoms with Crippen molar-refractivity contribution in [2.24, 2.45) is 0 Å². The van der Waals surface area contributed by atoms with E-state index in [9.17, 15) is 20.1 Å². The maximum atomic E-state index is 11.9. The zero-order chi connectivity index (χ0) is 17.1. The molecular weight excluding hydrogens is 364 g/mol. The first-order valence-electron chi connectivity index (χ1n) is 6.23. The van der Waals surface area contributed by atoms with Crippen molar-refractivity contribution in [2.45, 2.75) is 6.92 Å². The number of benzene rings is 1. The molecule has 0 aliphatic heterocycles. The Morgan fingerprint density at radius 1 is 1.30 bits per heavy atom. The Hall–Kier alpha value is -3.10. The molecule has 3 N–H and O–H groups in total. The van der Waals surface area contributed by atoms with Gasteiger partial charge in [-0.1, -0.05) is 15.9 Å². The minimum absolute atomic E-state index is 0.0400. The number of pyridine rings is 1. The first kappa shape index (κ1) is 16.3. The number of anilines is 1. The van der Waals surface area contributed by atoms with Crippen LogP contribution in [0.25, 0.3) is 11.1 Å². The van der Waals surface area contributed by atoms with E-state index in [0.29, 0.717) is 10.0 Å². The molecule has 0 bridgehead atoms. The summed E-state index contributed by atoms with van der Waals surface area (Å²) in [5.41, 5.74) is 5.10. The molecule has 8 heteroatoms. The second-order valence-corrected chi connectivity index (χ2v) is 5.31. The number of nitrogens with zero attached hydrogens (tertiary/aromatic N) is 2. The lowest BCUT2D eigenvalue weighted by Crippen LogP contribution is -2.16. The molecule has 0 radical (unpaired) electrons. The number of aromatic nitrogens is 1. The average Bonchev–Trinajstić information content (AvgIpc) is 2.48. The molecule has 114 valence electrons. The number of aromatic amines is 1. The highest BCUT2D eigenvalue weighted by Crippen LogP contribution is 2.36. The van der Waals surface area contributed by atoms with Gasteiger partial charge in [-0.05, 0) is 18.2 Å². The molecule has 2 rings (SSSR count). The zero-order valence-corrected chi connectivity index (χ0v) is 13.4. The van der Waals surface area contributed by atoms with Crippen molar-refractivity contribution in [2.75, 3.05) is 5.73 Å². The van der Waals surface area contributed by atoms with Crippen LogP contribution in [0.1, 0.15) is 18.1 Å². The number of hydrogen-bond donors (Lipinski definition) is 2. The van der Waals surface area contributed by atoms with Crippen molar-refractivity contribution in [3.63, 3.8) is 0 Å². The molecule has 2 aromatic rings. The number of rotatable bonds is 2. The number of ether oxygens (including phenoxy) is 1. The van der Waals surface area contributed by atoms with Crippen molar-refractivity contribution in [3.05, 3.63) is 44.2 Å². The largest absolute Gasteiger partial charge is 0.427 e. The molecule has 0 fully saturated rings. The molecule has 1 aromatic carbocycles. The van der Waals surface area contributed by atoms with Gasteiger partial charge in [-0.2, -0.15) is 10.5 Å². The fourth-order valence-electron chi connectivity index (χ4n) is 2.04. The lowest BCUT2D eigenvalue weighted by Gasteiger charge is -2.12. The lowest BCUT2D eigenvalue weighted by molar-refractivity contribution is -0.131. The minimum atomic E-state index is -0.705. The van der Waals surface area contributed by atoms with Gasteiger partial charge in [-0.15, -0.1) is 0 Å². The summed E-state index contributed by atoms with van der Waals surface area (Å²) in [6.07, 6.45) is 0. The molecule has 0 saturated heterocycles. The van der Waals surface area contributed by atoms with Gasteiger partial charge in [0.25, 0.3) is 5.56 Å². The molecule has 0 aliphatic carbocycles. The molecule has 7 nitrogen and oxygen atoms in total. The number of nitriles is 2. The third kappa shape index (κ3) is 3.07. The van der Waals surface area contributed by atoms with E-state index in [1.54, 1.807) is 12.1 Å². The van der Waals surface area contributed by atoms with E-state index in [1.807, 2.05) is 6.07 Å². The first-order valence-corrected chi connectivity index (χ1v) is 7.02. The smallest absolute Gasteiger partial charge is 0.308 e. The number of carbonyl (C=O) groups excluding carboxylic acids is 1. The lowest BCUT2D eigenvalue weighted by atomic mass is 9.96. The van der Waals surface area contributed by atoms with Crippen LogP contribution in [0.5, 0.6) is 5.75 Å². The minimum Gasteiger partial charge on any atom is -0.427 e. The Morgan fingerprint density at radius 2 is 1.96 bits per heavy atom. The first-order chi connectivity index (χ1) is 10.9. The average molecular weight is 373 g/mol. The highest BCUT2D eigenvalue weighted by Gasteiger charge is 2.20. The van der Waals surface area contributed by atoms with Gasteiger partial charge in [0.2, 0.25) is 0 Å². The Kier molecular flexibility index (Phi) is 4.49. The zero-order valence-electron chi connectivity index (χ0n) is 11.8. The third-order valence-electron chi connectivity index (χ3n) is 2.94. The van der Waals surface area contributed by atoms with Gasteiger partial charge in [-0.25, -0.2) is 0 Å². The highest BCUT2D eigenvalue weighted by molar-refractivity contribution is 9.10. The Bertz CT molecular complexity index is 951. The van der Waals surface area contributed by atoms with Gasteiger partial charge in [0.1, 0.15) is 34.8 Å². The second kappa shape index (κ2) is 6.34. The van der Waals surface area contributed by atoms with Gasteiger partial charge in [0, 0.05) is 22.5 Å². The number of nitrogens with one attached hydrogen (secondary N) is 1. The van der Waals surface area contributed by atoms with Crippen molar-refractivity contribution in [1.82, 2.24) is 4.98 Å². The summed E-state index contributed by atoms with van der Waals surface area (Å²) >= 11 is 3.30. The maximum Gasteiger partial charge on any atom is 0.308 e. The summed E-state index contributed by atoms with van der Waals surface area (Å²) in [6, 6.07) is 8.20. The van der Waals surface area contributed by atoms with E-state index in [2.05, 4.69) is 20.9 Å². The monoisotopic (exact) mass is 372 g/mol. The van der Waals surface area contributed by atoms with Gasteiger partial charge >= 0.3 is 5.97 Å². The van der Waals surface area contributed by atoms with Crippen LogP contribution in [-0.2, 0) is 4.79 Å². The Labute approximate surface area is 139 Å². The van der Waals surface area contributed by atoms with Crippen molar-refractivity contribution < 1.29 is 9.53 Å². The van der Waals surface area contributed by atoms with Crippen LogP contribution in [0, 0.1) is 22.7 Å². The molecule has 0 unspecified atom stereocenters. The summed E-state index contributed by atoms with van der Waals surface area (Å²) in [5, 5.41) is 18.6. The van der Waals surface area contributed by atoms with Crippen molar-refractivity contribution >= 4 is 27.7 Å². The van der Waals surface area contributed by atoms with E-state index in [4.69, 9.17) is 10.5 Å². The van der Waals surface area contributed by atoms with E-state index in [-0.39, 0.29) is 28.3 Å². The number of esters is 1. The van der Waals surface area contributed by atoms with Crippen LogP contribution in [0.3, 0.4) is 0 Å². The number of carbonyl (C=O) groups is 1. The van der Waals surface area contributed by atoms with Crippen LogP contribution >= 0.6 is 15.9 Å². The molecule has 1 heterocycles. The molecule has 0 atom stereocenters. The van der Waals surface area contributed by atoms with Gasteiger partial charge in [0.15, 0.2) is 0 Å². The quantitative estimate of drug-likeness (QED) is 0.612. The van der Waals surface area contributed by atoms with E-state index in [0.717, 1.165) is 0 Å². The van der Waals surface area contributed by atoms with Gasteiger partial charge in [0.05, 0.1) is 0 Å². The summed E-state index contributed by atoms with van der Waals surface area (Å²) in [7, 11) is 0. The molecule has 1 aromatic heterocycles. The molecule has 0 amide bonds. The van der Waals surface area contributed by atoms with E-state index < -0.39 is 11.5 Å². The number of hydrogen-bond acceptors (Lipinski definition) is 6. The van der Waals surface area contributed by atoms with Crippen LogP contribution < -0.4 is 16.0 Å². The molecule has 0 spiro atoms. The fourth-order valence-corrected chi connectivity index (χ4v) is 2.48. The van der Waals surface area contributed by atoms with Crippen LogP contribution in [0.4, 0.5) is 5.82 Å². The summed E-state index contributed by atoms with van der Waals surface area (Å²) in [4.78, 5) is 25.3. The van der Waals surface area contributed by atoms with Gasteiger partial charge < -0.3 is 15.5 Å². The molecule has 0 saturated carbocycles. The van der Waals surface area contributed by atoms with Crippen molar-refractivity contribution in [3.8, 4) is 29.0 Å². The number of nitrogen functional groups attached to an aromatic ring is 1. The van der Waals surface area contributed by atoms with E-state index in [1.165, 1.54) is 19.1 Å². The maximum absolute atomic E-state index is 11.9.